The third-order valence-corrected chi connectivity index (χ3v) is 4.23. The fourth-order valence-electron chi connectivity index (χ4n) is 3.18. The minimum atomic E-state index is -0.404. The van der Waals surface area contributed by atoms with E-state index in [0.717, 1.165) is 22.6 Å². The Labute approximate surface area is 133 Å². The van der Waals surface area contributed by atoms with Gasteiger partial charge < -0.3 is 19.7 Å². The Kier molecular flexibility index (Phi) is 3.34. The molecule has 1 aliphatic rings. The molecule has 1 saturated heterocycles. The maximum atomic E-state index is 10.2. The maximum absolute atomic E-state index is 10.2. The smallest absolute Gasteiger partial charge is 0.182 e. The standard InChI is InChI=1S/C16H17N5O2/c1-23-12-4-2-3-10(5-12)13-6-11(22)7-21(13)16-14-15(18-8-17-14)19-9-20-16/h2-5,8-9,11,13,22H,6-7H2,1H3,(H,17,18,19,20)/t11-,13-/m1/s1. The lowest BCUT2D eigenvalue weighted by Gasteiger charge is -2.26. The fraction of sp³-hybridized carbons (Fsp3) is 0.312. The van der Waals surface area contributed by atoms with Crippen LogP contribution in [-0.4, -0.2) is 44.8 Å². The molecule has 7 heteroatoms. The van der Waals surface area contributed by atoms with E-state index >= 15 is 0 Å². The van der Waals surface area contributed by atoms with E-state index in [1.165, 1.54) is 6.33 Å². The Morgan fingerprint density at radius 2 is 2.22 bits per heavy atom. The minimum Gasteiger partial charge on any atom is -0.497 e. The molecular formula is C16H17N5O2. The first-order chi connectivity index (χ1) is 11.3. The molecule has 0 saturated carbocycles. The van der Waals surface area contributed by atoms with Crippen LogP contribution in [0.3, 0.4) is 0 Å². The molecule has 0 amide bonds. The van der Waals surface area contributed by atoms with E-state index in [-0.39, 0.29) is 6.04 Å². The number of nitrogens with one attached hydrogen (secondary N) is 1. The first kappa shape index (κ1) is 14.0. The minimum absolute atomic E-state index is 0.0292. The number of ether oxygens (including phenoxy) is 1. The van der Waals surface area contributed by atoms with Crippen LogP contribution in [0.4, 0.5) is 5.82 Å². The van der Waals surface area contributed by atoms with Crippen molar-refractivity contribution in [2.75, 3.05) is 18.6 Å². The second kappa shape index (κ2) is 5.51. The Balaban J connectivity index is 1.78. The summed E-state index contributed by atoms with van der Waals surface area (Å²) in [5.74, 6) is 1.56. The Bertz CT molecular complexity index is 834. The van der Waals surface area contributed by atoms with Crippen molar-refractivity contribution in [3.8, 4) is 5.75 Å². The fourth-order valence-corrected chi connectivity index (χ4v) is 3.18. The zero-order valence-corrected chi connectivity index (χ0v) is 12.7. The molecule has 1 aromatic carbocycles. The number of nitrogens with zero attached hydrogens (tertiary/aromatic N) is 4. The Morgan fingerprint density at radius 3 is 3.09 bits per heavy atom. The maximum Gasteiger partial charge on any atom is 0.182 e. The van der Waals surface area contributed by atoms with Gasteiger partial charge in [-0.15, -0.1) is 0 Å². The van der Waals surface area contributed by atoms with E-state index < -0.39 is 6.10 Å². The van der Waals surface area contributed by atoms with Crippen molar-refractivity contribution in [1.29, 1.82) is 0 Å². The number of hydrogen-bond acceptors (Lipinski definition) is 6. The highest BCUT2D eigenvalue weighted by Crippen LogP contribution is 2.38. The summed E-state index contributed by atoms with van der Waals surface area (Å²) in [4.78, 5) is 17.9. The highest BCUT2D eigenvalue weighted by Gasteiger charge is 2.34. The summed E-state index contributed by atoms with van der Waals surface area (Å²) in [6, 6.07) is 7.95. The number of rotatable bonds is 3. The van der Waals surface area contributed by atoms with Gasteiger partial charge in [0.1, 0.15) is 17.6 Å². The Morgan fingerprint density at radius 1 is 1.30 bits per heavy atom. The van der Waals surface area contributed by atoms with Gasteiger partial charge in [0.15, 0.2) is 11.5 Å². The molecule has 1 aliphatic heterocycles. The van der Waals surface area contributed by atoms with Gasteiger partial charge in [-0.05, 0) is 24.1 Å². The molecule has 4 rings (SSSR count). The molecule has 0 aliphatic carbocycles. The summed E-state index contributed by atoms with van der Waals surface area (Å²) in [6.45, 7) is 0.521. The van der Waals surface area contributed by atoms with Crippen molar-refractivity contribution in [2.24, 2.45) is 0 Å². The number of methoxy groups -OCH3 is 1. The van der Waals surface area contributed by atoms with Gasteiger partial charge in [0.2, 0.25) is 0 Å². The molecule has 3 heterocycles. The van der Waals surface area contributed by atoms with E-state index in [1.54, 1.807) is 13.4 Å². The van der Waals surface area contributed by atoms with E-state index in [9.17, 15) is 5.11 Å². The molecule has 0 bridgehead atoms. The molecule has 3 aromatic rings. The van der Waals surface area contributed by atoms with Crippen molar-refractivity contribution in [3.05, 3.63) is 42.5 Å². The molecule has 118 valence electrons. The third-order valence-electron chi connectivity index (χ3n) is 4.23. The van der Waals surface area contributed by atoms with Crippen LogP contribution in [0, 0.1) is 0 Å². The number of β-amino-alcohol motifs (C(OH)–C–C–N with tert-alkyl or cyclic N) is 1. The highest BCUT2D eigenvalue weighted by atomic mass is 16.5. The Hall–Kier alpha value is -2.67. The number of aromatic amines is 1. The van der Waals surface area contributed by atoms with E-state index in [0.29, 0.717) is 18.6 Å². The molecule has 2 atom stereocenters. The van der Waals surface area contributed by atoms with Gasteiger partial charge >= 0.3 is 0 Å². The summed E-state index contributed by atoms with van der Waals surface area (Å²) in [5.41, 5.74) is 2.50. The average Bonchev–Trinajstić information content (AvgIpc) is 3.21. The van der Waals surface area contributed by atoms with Gasteiger partial charge in [-0.3, -0.25) is 0 Å². The zero-order chi connectivity index (χ0) is 15.8. The summed E-state index contributed by atoms with van der Waals surface area (Å²) in [6.07, 6.45) is 3.35. The monoisotopic (exact) mass is 311 g/mol. The van der Waals surface area contributed by atoms with Gasteiger partial charge in [0, 0.05) is 6.54 Å². The van der Waals surface area contributed by atoms with Gasteiger partial charge in [0.05, 0.1) is 25.6 Å². The zero-order valence-electron chi connectivity index (χ0n) is 12.7. The van der Waals surface area contributed by atoms with Crippen molar-refractivity contribution >= 4 is 17.0 Å². The number of anilines is 1. The predicted molar refractivity (Wildman–Crippen MR) is 85.4 cm³/mol. The van der Waals surface area contributed by atoms with Gasteiger partial charge in [-0.25, -0.2) is 15.0 Å². The summed E-state index contributed by atoms with van der Waals surface area (Å²) < 4.78 is 5.32. The van der Waals surface area contributed by atoms with Gasteiger partial charge in [-0.1, -0.05) is 12.1 Å². The average molecular weight is 311 g/mol. The molecule has 0 unspecified atom stereocenters. The molecule has 0 radical (unpaired) electrons. The number of benzene rings is 1. The second-order valence-corrected chi connectivity index (χ2v) is 5.63. The summed E-state index contributed by atoms with van der Waals surface area (Å²) >= 11 is 0. The quantitative estimate of drug-likeness (QED) is 0.765. The van der Waals surface area contributed by atoms with Crippen molar-refractivity contribution in [3.63, 3.8) is 0 Å². The number of hydrogen-bond donors (Lipinski definition) is 2. The van der Waals surface area contributed by atoms with Crippen molar-refractivity contribution in [2.45, 2.75) is 18.6 Å². The van der Waals surface area contributed by atoms with E-state index in [1.807, 2.05) is 24.3 Å². The van der Waals surface area contributed by atoms with Crippen molar-refractivity contribution < 1.29 is 9.84 Å². The number of aromatic nitrogens is 4. The van der Waals surface area contributed by atoms with Crippen LogP contribution < -0.4 is 9.64 Å². The summed E-state index contributed by atoms with van der Waals surface area (Å²) in [7, 11) is 1.65. The SMILES string of the molecule is COc1cccc([C@H]2C[C@@H](O)CN2c2ncnc3nc[nH]c23)c1. The normalized spacial score (nSPS) is 21.0. The number of fused-ring (bicyclic) bond motifs is 1. The molecule has 2 aromatic heterocycles. The van der Waals surface area contributed by atoms with E-state index in [4.69, 9.17) is 4.74 Å². The van der Waals surface area contributed by atoms with Crippen LogP contribution >= 0.6 is 0 Å². The predicted octanol–water partition coefficient (Wildman–Crippen LogP) is 1.67. The van der Waals surface area contributed by atoms with E-state index in [2.05, 4.69) is 24.8 Å². The van der Waals surface area contributed by atoms with Crippen LogP contribution in [0.25, 0.3) is 11.2 Å². The number of aliphatic hydroxyl groups is 1. The van der Waals surface area contributed by atoms with Crippen LogP contribution in [0.15, 0.2) is 36.9 Å². The number of aliphatic hydroxyl groups excluding tert-OH is 1. The first-order valence-electron chi connectivity index (χ1n) is 7.49. The van der Waals surface area contributed by atoms with Gasteiger partial charge in [-0.2, -0.15) is 0 Å². The second-order valence-electron chi connectivity index (χ2n) is 5.63. The molecule has 2 N–H and O–H groups in total. The number of H-pyrrole nitrogens is 1. The summed E-state index contributed by atoms with van der Waals surface area (Å²) in [5, 5.41) is 10.2. The largest absolute Gasteiger partial charge is 0.497 e. The van der Waals surface area contributed by atoms with Crippen LogP contribution in [0.5, 0.6) is 5.75 Å². The highest BCUT2D eigenvalue weighted by molar-refractivity contribution is 5.83. The lowest BCUT2D eigenvalue weighted by molar-refractivity contribution is 0.194. The lowest BCUT2D eigenvalue weighted by Crippen LogP contribution is -2.25. The van der Waals surface area contributed by atoms with Crippen LogP contribution in [0.2, 0.25) is 0 Å². The molecular weight excluding hydrogens is 294 g/mol. The van der Waals surface area contributed by atoms with Crippen LogP contribution in [0.1, 0.15) is 18.0 Å². The topological polar surface area (TPSA) is 87.2 Å². The molecule has 23 heavy (non-hydrogen) atoms. The molecule has 7 nitrogen and oxygen atoms in total. The van der Waals surface area contributed by atoms with Crippen LogP contribution in [-0.2, 0) is 0 Å². The van der Waals surface area contributed by atoms with Crippen molar-refractivity contribution in [1.82, 2.24) is 19.9 Å². The lowest BCUT2D eigenvalue weighted by atomic mass is 10.0. The first-order valence-corrected chi connectivity index (χ1v) is 7.49. The molecule has 1 fully saturated rings. The number of imidazole rings is 1. The third kappa shape index (κ3) is 2.39. The van der Waals surface area contributed by atoms with Gasteiger partial charge in [0.25, 0.3) is 0 Å². The molecule has 0 spiro atoms.